The molecule has 8 heteroatoms. The lowest BCUT2D eigenvalue weighted by Crippen LogP contribution is -2.55. The number of hydrogen-bond donors (Lipinski definition) is 0. The van der Waals surface area contributed by atoms with Crippen LogP contribution in [0.15, 0.2) is 48.0 Å². The molecule has 1 heterocycles. The van der Waals surface area contributed by atoms with Crippen LogP contribution in [0.1, 0.15) is 41.6 Å². The van der Waals surface area contributed by atoms with E-state index in [9.17, 15) is 14.4 Å². The predicted octanol–water partition coefficient (Wildman–Crippen LogP) is 4.60. The Morgan fingerprint density at radius 2 is 2.03 bits per heavy atom. The van der Waals surface area contributed by atoms with Crippen molar-refractivity contribution in [2.24, 2.45) is 0 Å². The first-order chi connectivity index (χ1) is 14.9. The summed E-state index contributed by atoms with van der Waals surface area (Å²) in [4.78, 5) is 44.2. The zero-order chi connectivity index (χ0) is 22.0. The third-order valence-electron chi connectivity index (χ3n) is 5.81. The molecular formula is C23H21ClN2O4S. The molecular weight excluding hydrogens is 436 g/mol. The zero-order valence-electron chi connectivity index (χ0n) is 17.0. The van der Waals surface area contributed by atoms with Crippen LogP contribution in [-0.4, -0.2) is 41.2 Å². The Labute approximate surface area is 188 Å². The number of esters is 1. The minimum atomic E-state index is -1.15. The topological polar surface area (TPSA) is 76.6 Å². The van der Waals surface area contributed by atoms with Crippen molar-refractivity contribution in [3.63, 3.8) is 0 Å². The van der Waals surface area contributed by atoms with Crippen LogP contribution in [0.5, 0.6) is 0 Å². The van der Waals surface area contributed by atoms with Gasteiger partial charge in [-0.25, -0.2) is 9.78 Å². The smallest absolute Gasteiger partial charge is 0.338 e. The van der Waals surface area contributed by atoms with Crippen LogP contribution < -0.4 is 0 Å². The van der Waals surface area contributed by atoms with E-state index in [0.29, 0.717) is 29.0 Å². The molecule has 0 spiro atoms. The molecule has 0 saturated heterocycles. The van der Waals surface area contributed by atoms with Crippen molar-refractivity contribution in [2.75, 3.05) is 13.7 Å². The van der Waals surface area contributed by atoms with E-state index in [2.05, 4.69) is 4.98 Å². The molecule has 1 saturated carbocycles. The molecule has 1 atom stereocenters. The molecule has 1 aromatic heterocycles. The quantitative estimate of drug-likeness (QED) is 0.524. The number of aromatic nitrogens is 1. The number of Topliss-reactive ketones (excluding diaryl/α,β-unsaturated/α-hetero) is 1. The summed E-state index contributed by atoms with van der Waals surface area (Å²) in [6.45, 7) is -0.463. The molecule has 0 N–H and O–H groups in total. The van der Waals surface area contributed by atoms with Crippen LogP contribution in [0.4, 0.5) is 0 Å². The summed E-state index contributed by atoms with van der Waals surface area (Å²) in [6.07, 6.45) is 2.43. The first-order valence-electron chi connectivity index (χ1n) is 9.99. The minimum Gasteiger partial charge on any atom is -0.452 e. The number of likely N-dealkylation sites (N-methyl/N-ethyl adjacent to an activating group) is 1. The molecule has 1 amide bonds. The standard InChI is InChI=1S/C23H21ClN2O4S/c1-26(23(11-5-4-8-20(23)27)16-6-2-3-7-17(16)24)21(28)13-30-22(29)15-9-10-18-19(12-15)31-14-25-18/h2-3,6-7,9-10,12,14H,4-5,8,11,13H2,1H3. The van der Waals surface area contributed by atoms with Crippen molar-refractivity contribution in [3.8, 4) is 0 Å². The van der Waals surface area contributed by atoms with Gasteiger partial charge in [0, 0.05) is 24.1 Å². The number of halogens is 1. The van der Waals surface area contributed by atoms with Crippen molar-refractivity contribution in [1.29, 1.82) is 0 Å². The van der Waals surface area contributed by atoms with Crippen LogP contribution in [0.3, 0.4) is 0 Å². The van der Waals surface area contributed by atoms with Gasteiger partial charge in [-0.05, 0) is 43.5 Å². The minimum absolute atomic E-state index is 0.0512. The zero-order valence-corrected chi connectivity index (χ0v) is 18.5. The molecule has 1 aliphatic rings. The Morgan fingerprint density at radius 1 is 1.23 bits per heavy atom. The lowest BCUT2D eigenvalue weighted by atomic mass is 9.74. The molecule has 160 valence electrons. The summed E-state index contributed by atoms with van der Waals surface area (Å²) in [7, 11) is 1.58. The second kappa shape index (κ2) is 8.77. The Balaban J connectivity index is 1.54. The van der Waals surface area contributed by atoms with Gasteiger partial charge in [0.05, 0.1) is 21.3 Å². The fourth-order valence-corrected chi connectivity index (χ4v) is 5.14. The molecule has 3 aromatic rings. The van der Waals surface area contributed by atoms with E-state index in [1.54, 1.807) is 55.0 Å². The second-order valence-corrected chi connectivity index (χ2v) is 8.83. The van der Waals surface area contributed by atoms with Crippen LogP contribution in [-0.2, 0) is 19.9 Å². The summed E-state index contributed by atoms with van der Waals surface area (Å²) < 4.78 is 6.15. The molecule has 1 fully saturated rings. The number of ether oxygens (including phenoxy) is 1. The summed E-state index contributed by atoms with van der Waals surface area (Å²) in [5.41, 5.74) is 2.31. The lowest BCUT2D eigenvalue weighted by Gasteiger charge is -2.43. The van der Waals surface area contributed by atoms with Crippen molar-refractivity contribution in [1.82, 2.24) is 9.88 Å². The van der Waals surface area contributed by atoms with E-state index in [-0.39, 0.29) is 5.78 Å². The van der Waals surface area contributed by atoms with Gasteiger partial charge >= 0.3 is 5.97 Å². The normalized spacial score (nSPS) is 18.7. The van der Waals surface area contributed by atoms with Crippen molar-refractivity contribution in [2.45, 2.75) is 31.2 Å². The third-order valence-corrected chi connectivity index (χ3v) is 6.93. The van der Waals surface area contributed by atoms with Crippen LogP contribution >= 0.6 is 22.9 Å². The Kier molecular flexibility index (Phi) is 6.07. The van der Waals surface area contributed by atoms with Gasteiger partial charge in [0.1, 0.15) is 5.54 Å². The summed E-state index contributed by atoms with van der Waals surface area (Å²) in [6, 6.07) is 12.1. The molecule has 1 aliphatic carbocycles. The number of fused-ring (bicyclic) bond motifs is 1. The van der Waals surface area contributed by atoms with Gasteiger partial charge in [-0.1, -0.05) is 29.8 Å². The molecule has 31 heavy (non-hydrogen) atoms. The first-order valence-corrected chi connectivity index (χ1v) is 11.2. The third kappa shape index (κ3) is 3.95. The highest BCUT2D eigenvalue weighted by Crippen LogP contribution is 2.42. The molecule has 0 radical (unpaired) electrons. The van der Waals surface area contributed by atoms with Gasteiger partial charge in [0.15, 0.2) is 12.4 Å². The highest BCUT2D eigenvalue weighted by Gasteiger charge is 2.48. The molecule has 6 nitrogen and oxygen atoms in total. The lowest BCUT2D eigenvalue weighted by molar-refractivity contribution is -0.150. The largest absolute Gasteiger partial charge is 0.452 e. The number of carbonyl (C=O) groups is 3. The molecule has 0 aliphatic heterocycles. The van der Waals surface area contributed by atoms with Crippen molar-refractivity contribution < 1.29 is 19.1 Å². The average molecular weight is 457 g/mol. The average Bonchev–Trinajstić information content (AvgIpc) is 3.25. The van der Waals surface area contributed by atoms with Gasteiger partial charge in [-0.15, -0.1) is 11.3 Å². The molecule has 2 aromatic carbocycles. The number of thiazole rings is 1. The predicted molar refractivity (Wildman–Crippen MR) is 119 cm³/mol. The van der Waals surface area contributed by atoms with Gasteiger partial charge < -0.3 is 9.64 Å². The van der Waals surface area contributed by atoms with Crippen molar-refractivity contribution in [3.05, 3.63) is 64.1 Å². The van der Waals surface area contributed by atoms with Gasteiger partial charge in [0.25, 0.3) is 5.91 Å². The SMILES string of the molecule is CN(C(=O)COC(=O)c1ccc2ncsc2c1)C1(c2ccccc2Cl)CCCCC1=O. The van der Waals surface area contributed by atoms with Crippen molar-refractivity contribution >= 4 is 50.8 Å². The van der Waals surface area contributed by atoms with Crippen LogP contribution in [0.2, 0.25) is 5.02 Å². The van der Waals surface area contributed by atoms with E-state index in [4.69, 9.17) is 16.3 Å². The molecule has 1 unspecified atom stereocenters. The highest BCUT2D eigenvalue weighted by molar-refractivity contribution is 7.16. The monoisotopic (exact) mass is 456 g/mol. The summed E-state index contributed by atoms with van der Waals surface area (Å²) in [5, 5.41) is 0.437. The van der Waals surface area contributed by atoms with E-state index >= 15 is 0 Å². The van der Waals surface area contributed by atoms with Crippen LogP contribution in [0.25, 0.3) is 10.2 Å². The number of carbonyl (C=O) groups excluding carboxylic acids is 3. The molecule has 0 bridgehead atoms. The maximum atomic E-state index is 13.1. The Hall–Kier alpha value is -2.77. The summed E-state index contributed by atoms with van der Waals surface area (Å²) >= 11 is 7.85. The number of amides is 1. The number of rotatable bonds is 5. The second-order valence-electron chi connectivity index (χ2n) is 7.53. The first kappa shape index (κ1) is 21.5. The van der Waals surface area contributed by atoms with Crippen LogP contribution in [0, 0.1) is 0 Å². The van der Waals surface area contributed by atoms with E-state index < -0.39 is 24.0 Å². The van der Waals surface area contributed by atoms with E-state index in [1.165, 1.54) is 16.2 Å². The van der Waals surface area contributed by atoms with Gasteiger partial charge in [-0.2, -0.15) is 0 Å². The maximum Gasteiger partial charge on any atom is 0.338 e. The fourth-order valence-electron chi connectivity index (χ4n) is 4.13. The summed E-state index contributed by atoms with van der Waals surface area (Å²) in [5.74, 6) is -1.11. The van der Waals surface area contributed by atoms with Gasteiger partial charge in [0.2, 0.25) is 0 Å². The number of hydrogen-bond acceptors (Lipinski definition) is 6. The Bertz CT molecular complexity index is 1160. The number of ketones is 1. The molecule has 4 rings (SSSR count). The number of nitrogens with zero attached hydrogens (tertiary/aromatic N) is 2. The number of benzene rings is 2. The fraction of sp³-hybridized carbons (Fsp3) is 0.304. The maximum absolute atomic E-state index is 13.1. The van der Waals surface area contributed by atoms with Gasteiger partial charge in [-0.3, -0.25) is 9.59 Å². The van der Waals surface area contributed by atoms with E-state index in [0.717, 1.165) is 23.1 Å². The highest BCUT2D eigenvalue weighted by atomic mass is 35.5. The Morgan fingerprint density at radius 3 is 2.81 bits per heavy atom. The van der Waals surface area contributed by atoms with E-state index in [1.807, 2.05) is 0 Å².